The molecule has 98 valence electrons. The van der Waals surface area contributed by atoms with Gasteiger partial charge in [-0.3, -0.25) is 4.99 Å². The fraction of sp³-hybridized carbons (Fsp3) is 0.105. The minimum absolute atomic E-state index is 1.06. The normalized spacial score (nSPS) is 12.1. The van der Waals surface area contributed by atoms with Crippen molar-refractivity contribution in [2.45, 2.75) is 13.8 Å². The minimum atomic E-state index is 1.06. The van der Waals surface area contributed by atoms with Gasteiger partial charge in [-0.05, 0) is 30.0 Å². The number of hydrogen-bond acceptors (Lipinski definition) is 1. The van der Waals surface area contributed by atoms with Crippen molar-refractivity contribution in [2.24, 2.45) is 4.99 Å². The summed E-state index contributed by atoms with van der Waals surface area (Å²) >= 11 is 0. The van der Waals surface area contributed by atoms with E-state index in [0.717, 1.165) is 5.69 Å². The smallest absolute Gasteiger partial charge is 0.0782 e. The molecular weight excluding hydrogens is 242 g/mol. The van der Waals surface area contributed by atoms with E-state index in [1.807, 2.05) is 20.1 Å². The van der Waals surface area contributed by atoms with Crippen LogP contribution in [0, 0.1) is 0 Å². The first-order chi connectivity index (χ1) is 9.86. The highest BCUT2D eigenvalue weighted by Gasteiger charge is 2.10. The molecule has 3 aromatic rings. The molecule has 1 nitrogen and oxygen atoms in total. The summed E-state index contributed by atoms with van der Waals surface area (Å²) in [5.41, 5.74) is 2.25. The second-order valence-electron chi connectivity index (χ2n) is 4.74. The Morgan fingerprint density at radius 3 is 1.90 bits per heavy atom. The van der Waals surface area contributed by atoms with Gasteiger partial charge in [0.15, 0.2) is 0 Å². The Bertz CT molecular complexity index is 755. The molecule has 0 aliphatic heterocycles. The standard InChI is InChI=1S/C19H17N/c1-3-9-17-15-11-6-5-10-14(15)16-12-7-8-13-18(16)19(17)20-4-2/h3-13H,1-2H3/b9-3-,20-4-. The van der Waals surface area contributed by atoms with Crippen molar-refractivity contribution < 1.29 is 0 Å². The Morgan fingerprint density at radius 2 is 1.30 bits per heavy atom. The van der Waals surface area contributed by atoms with Crippen molar-refractivity contribution in [3.05, 3.63) is 60.2 Å². The summed E-state index contributed by atoms with van der Waals surface area (Å²) in [7, 11) is 0. The van der Waals surface area contributed by atoms with Gasteiger partial charge >= 0.3 is 0 Å². The number of nitrogens with zero attached hydrogens (tertiary/aromatic N) is 1. The molecule has 0 fully saturated rings. The molecule has 1 heteroatoms. The van der Waals surface area contributed by atoms with Gasteiger partial charge in [0.05, 0.1) is 5.69 Å². The van der Waals surface area contributed by atoms with Gasteiger partial charge in [0, 0.05) is 17.2 Å². The van der Waals surface area contributed by atoms with Gasteiger partial charge in [0.25, 0.3) is 0 Å². The molecule has 0 atom stereocenters. The maximum Gasteiger partial charge on any atom is 0.0782 e. The number of rotatable bonds is 2. The Morgan fingerprint density at radius 1 is 0.750 bits per heavy atom. The molecule has 3 rings (SSSR count). The lowest BCUT2D eigenvalue weighted by molar-refractivity contribution is 1.56. The Kier molecular flexibility index (Phi) is 3.34. The van der Waals surface area contributed by atoms with Gasteiger partial charge in [0.1, 0.15) is 0 Å². The topological polar surface area (TPSA) is 12.4 Å². The second kappa shape index (κ2) is 5.30. The van der Waals surface area contributed by atoms with Crippen molar-refractivity contribution in [1.82, 2.24) is 0 Å². The van der Waals surface area contributed by atoms with Crippen LogP contribution < -0.4 is 0 Å². The van der Waals surface area contributed by atoms with E-state index < -0.39 is 0 Å². The molecule has 0 spiro atoms. The second-order valence-corrected chi connectivity index (χ2v) is 4.74. The maximum absolute atomic E-state index is 4.63. The molecule has 0 aliphatic rings. The summed E-state index contributed by atoms with van der Waals surface area (Å²) in [5, 5.41) is 5.01. The number of allylic oxidation sites excluding steroid dienone is 1. The van der Waals surface area contributed by atoms with E-state index in [-0.39, 0.29) is 0 Å². The minimum Gasteiger partial charge on any atom is -0.260 e. The number of aliphatic imine (C=N–C) groups is 1. The van der Waals surface area contributed by atoms with Gasteiger partial charge in [-0.2, -0.15) is 0 Å². The SMILES string of the molecule is C/C=C\c1c(/N=C\C)c2ccccc2c2ccccc12. The third kappa shape index (κ3) is 1.92. The highest BCUT2D eigenvalue weighted by Crippen LogP contribution is 2.38. The summed E-state index contributed by atoms with van der Waals surface area (Å²) in [6.45, 7) is 4.01. The van der Waals surface area contributed by atoms with Crippen LogP contribution in [0.5, 0.6) is 0 Å². The monoisotopic (exact) mass is 259 g/mol. The van der Waals surface area contributed by atoms with E-state index in [0.29, 0.717) is 0 Å². The van der Waals surface area contributed by atoms with Crippen molar-refractivity contribution in [3.63, 3.8) is 0 Å². The van der Waals surface area contributed by atoms with Gasteiger partial charge in [-0.15, -0.1) is 0 Å². The summed E-state index contributed by atoms with van der Waals surface area (Å²) in [4.78, 5) is 4.63. The molecule has 0 heterocycles. The lowest BCUT2D eigenvalue weighted by Crippen LogP contribution is -1.85. The third-order valence-corrected chi connectivity index (χ3v) is 3.54. The predicted molar refractivity (Wildman–Crippen MR) is 90.0 cm³/mol. The molecule has 0 radical (unpaired) electrons. The lowest BCUT2D eigenvalue weighted by Gasteiger charge is -2.12. The third-order valence-electron chi connectivity index (χ3n) is 3.54. The molecule has 20 heavy (non-hydrogen) atoms. The zero-order chi connectivity index (χ0) is 13.9. The Labute approximate surface area is 119 Å². The van der Waals surface area contributed by atoms with Crippen LogP contribution >= 0.6 is 0 Å². The lowest BCUT2D eigenvalue weighted by atomic mass is 9.95. The van der Waals surface area contributed by atoms with Gasteiger partial charge in [-0.25, -0.2) is 0 Å². The largest absolute Gasteiger partial charge is 0.260 e. The highest BCUT2D eigenvalue weighted by molar-refractivity contribution is 6.16. The first kappa shape index (κ1) is 12.6. The van der Waals surface area contributed by atoms with Gasteiger partial charge < -0.3 is 0 Å². The van der Waals surface area contributed by atoms with Crippen LogP contribution in [0.3, 0.4) is 0 Å². The van der Waals surface area contributed by atoms with E-state index in [1.54, 1.807) is 0 Å². The molecule has 0 bridgehead atoms. The van der Waals surface area contributed by atoms with Crippen LogP contribution in [-0.4, -0.2) is 6.21 Å². The zero-order valence-corrected chi connectivity index (χ0v) is 11.8. The molecule has 0 N–H and O–H groups in total. The van der Waals surface area contributed by atoms with E-state index in [2.05, 4.69) is 65.7 Å². The summed E-state index contributed by atoms with van der Waals surface area (Å²) in [6, 6.07) is 17.0. The van der Waals surface area contributed by atoms with Crippen molar-refractivity contribution in [1.29, 1.82) is 0 Å². The van der Waals surface area contributed by atoms with Crippen LogP contribution in [0.15, 0.2) is 59.6 Å². The van der Waals surface area contributed by atoms with Crippen LogP contribution in [0.25, 0.3) is 27.6 Å². The van der Waals surface area contributed by atoms with Gasteiger partial charge in [0.2, 0.25) is 0 Å². The molecular formula is C19H17N. The van der Waals surface area contributed by atoms with Crippen molar-refractivity contribution >= 4 is 39.5 Å². The number of benzene rings is 3. The quantitative estimate of drug-likeness (QED) is 0.410. The molecule has 0 aromatic heterocycles. The zero-order valence-electron chi connectivity index (χ0n) is 11.8. The fourth-order valence-corrected chi connectivity index (χ4v) is 2.75. The fourth-order valence-electron chi connectivity index (χ4n) is 2.75. The van der Waals surface area contributed by atoms with E-state index >= 15 is 0 Å². The van der Waals surface area contributed by atoms with Crippen LogP contribution in [0.1, 0.15) is 19.4 Å². The maximum atomic E-state index is 4.63. The first-order valence-corrected chi connectivity index (χ1v) is 6.91. The molecule has 3 aromatic carbocycles. The molecule has 0 aliphatic carbocycles. The summed E-state index contributed by atoms with van der Waals surface area (Å²) < 4.78 is 0. The van der Waals surface area contributed by atoms with Crippen LogP contribution in [-0.2, 0) is 0 Å². The summed E-state index contributed by atoms with van der Waals surface area (Å²) in [5.74, 6) is 0. The van der Waals surface area contributed by atoms with Crippen LogP contribution in [0.4, 0.5) is 5.69 Å². The highest BCUT2D eigenvalue weighted by atomic mass is 14.7. The van der Waals surface area contributed by atoms with E-state index in [4.69, 9.17) is 0 Å². The predicted octanol–water partition coefficient (Wildman–Crippen LogP) is 5.75. The number of hydrogen-bond donors (Lipinski definition) is 0. The van der Waals surface area contributed by atoms with E-state index in [1.165, 1.54) is 27.1 Å². The summed E-state index contributed by atoms with van der Waals surface area (Å²) in [6.07, 6.45) is 6.09. The molecule has 0 amide bonds. The first-order valence-electron chi connectivity index (χ1n) is 6.91. The molecule has 0 saturated carbocycles. The Balaban J connectivity index is 2.61. The Hall–Kier alpha value is -2.41. The average molecular weight is 259 g/mol. The molecule has 0 saturated heterocycles. The van der Waals surface area contributed by atoms with E-state index in [9.17, 15) is 0 Å². The van der Waals surface area contributed by atoms with Crippen LogP contribution in [0.2, 0.25) is 0 Å². The van der Waals surface area contributed by atoms with Crippen molar-refractivity contribution in [2.75, 3.05) is 0 Å². The number of fused-ring (bicyclic) bond motifs is 3. The van der Waals surface area contributed by atoms with Crippen molar-refractivity contribution in [3.8, 4) is 0 Å². The average Bonchev–Trinajstić information content (AvgIpc) is 2.51. The molecule has 0 unspecified atom stereocenters. The van der Waals surface area contributed by atoms with Gasteiger partial charge in [-0.1, -0.05) is 60.7 Å².